The van der Waals surface area contributed by atoms with E-state index in [1.165, 1.54) is 13.0 Å². The average Bonchev–Trinajstić information content (AvgIpc) is 2.25. The lowest BCUT2D eigenvalue weighted by Crippen LogP contribution is -2.15. The quantitative estimate of drug-likeness (QED) is 0.712. The van der Waals surface area contributed by atoms with E-state index in [4.69, 9.17) is 0 Å². The van der Waals surface area contributed by atoms with Gasteiger partial charge in [-0.25, -0.2) is 8.78 Å². The molecule has 0 aliphatic carbocycles. The summed E-state index contributed by atoms with van der Waals surface area (Å²) < 4.78 is 26.5. The lowest BCUT2D eigenvalue weighted by atomic mass is 9.92. The smallest absolute Gasteiger partial charge is 0.168 e. The van der Waals surface area contributed by atoms with Crippen molar-refractivity contribution in [2.24, 2.45) is 5.92 Å². The summed E-state index contributed by atoms with van der Waals surface area (Å²) in [7, 11) is 0. The molecule has 0 heterocycles. The molecule has 0 atom stereocenters. The van der Waals surface area contributed by atoms with Crippen LogP contribution in [-0.4, -0.2) is 5.78 Å². The highest BCUT2D eigenvalue weighted by atomic mass is 19.1. The zero-order chi connectivity index (χ0) is 12.3. The molecule has 1 rings (SSSR count). The van der Waals surface area contributed by atoms with Gasteiger partial charge in [-0.3, -0.25) is 4.79 Å². The molecule has 0 N–H and O–H groups in total. The first-order chi connectivity index (χ1) is 7.51. The summed E-state index contributed by atoms with van der Waals surface area (Å²) in [6.45, 7) is 5.30. The molecule has 0 aliphatic rings. The summed E-state index contributed by atoms with van der Waals surface area (Å²) in [6, 6.07) is 2.08. The van der Waals surface area contributed by atoms with E-state index in [0.717, 1.165) is 6.07 Å². The fourth-order valence-electron chi connectivity index (χ4n) is 1.73. The molecule has 0 saturated carbocycles. The summed E-state index contributed by atoms with van der Waals surface area (Å²) in [5.74, 6) is -1.79. The highest BCUT2D eigenvalue weighted by Crippen LogP contribution is 2.20. The predicted molar refractivity (Wildman–Crippen MR) is 59.5 cm³/mol. The fraction of sp³-hybridized carbons (Fsp3) is 0.462. The van der Waals surface area contributed by atoms with Crippen LogP contribution in [0.3, 0.4) is 0 Å². The molecule has 1 nitrogen and oxygen atoms in total. The molecule has 0 unspecified atom stereocenters. The molecule has 0 spiro atoms. The van der Waals surface area contributed by atoms with E-state index in [1.54, 1.807) is 0 Å². The summed E-state index contributed by atoms with van der Waals surface area (Å²) in [5.41, 5.74) is 0.309. The Morgan fingerprint density at radius 2 is 1.75 bits per heavy atom. The van der Waals surface area contributed by atoms with Gasteiger partial charge in [-0.15, -0.1) is 0 Å². The minimum absolute atomic E-state index is 0.00704. The molecule has 1 aromatic carbocycles. The van der Waals surface area contributed by atoms with Crippen LogP contribution in [0.1, 0.15) is 42.6 Å². The second-order valence-corrected chi connectivity index (χ2v) is 3.96. The van der Waals surface area contributed by atoms with Crippen LogP contribution in [0, 0.1) is 24.5 Å². The number of halogens is 2. The second kappa shape index (κ2) is 5.19. The van der Waals surface area contributed by atoms with Crippen LogP contribution in [0.15, 0.2) is 12.1 Å². The third-order valence-electron chi connectivity index (χ3n) is 2.87. The van der Waals surface area contributed by atoms with Crippen LogP contribution in [0.4, 0.5) is 8.78 Å². The van der Waals surface area contributed by atoms with E-state index >= 15 is 0 Å². The Morgan fingerprint density at radius 1 is 1.19 bits per heavy atom. The van der Waals surface area contributed by atoms with Gasteiger partial charge in [0.05, 0.1) is 5.56 Å². The Bertz CT molecular complexity index is 395. The van der Waals surface area contributed by atoms with Gasteiger partial charge < -0.3 is 0 Å². The maximum atomic E-state index is 13.5. The number of carbonyl (C=O) groups excluding carboxylic acids is 1. The second-order valence-electron chi connectivity index (χ2n) is 3.96. The number of benzene rings is 1. The van der Waals surface area contributed by atoms with E-state index in [2.05, 4.69) is 0 Å². The SMILES string of the molecule is CCC(CC)C(=O)c1cc(C)c(F)cc1F. The van der Waals surface area contributed by atoms with E-state index < -0.39 is 11.6 Å². The van der Waals surface area contributed by atoms with Crippen LogP contribution in [0.5, 0.6) is 0 Å². The molecular formula is C13H16F2O. The Hall–Kier alpha value is -1.25. The van der Waals surface area contributed by atoms with E-state index in [-0.39, 0.29) is 17.3 Å². The molecule has 0 bridgehead atoms. The number of rotatable bonds is 4. The highest BCUT2D eigenvalue weighted by molar-refractivity contribution is 5.98. The van der Waals surface area contributed by atoms with Crippen LogP contribution < -0.4 is 0 Å². The molecule has 0 radical (unpaired) electrons. The Kier molecular flexibility index (Phi) is 4.16. The van der Waals surface area contributed by atoms with Crippen molar-refractivity contribution in [2.45, 2.75) is 33.6 Å². The van der Waals surface area contributed by atoms with Gasteiger partial charge in [-0.05, 0) is 31.4 Å². The van der Waals surface area contributed by atoms with Gasteiger partial charge in [0.2, 0.25) is 0 Å². The van der Waals surface area contributed by atoms with Crippen LogP contribution in [-0.2, 0) is 0 Å². The lowest BCUT2D eigenvalue weighted by Gasteiger charge is -2.12. The van der Waals surface area contributed by atoms with Gasteiger partial charge in [-0.2, -0.15) is 0 Å². The number of ketones is 1. The zero-order valence-corrected chi connectivity index (χ0v) is 9.81. The highest BCUT2D eigenvalue weighted by Gasteiger charge is 2.20. The summed E-state index contributed by atoms with van der Waals surface area (Å²) in [4.78, 5) is 11.9. The van der Waals surface area contributed by atoms with E-state index in [1.807, 2.05) is 13.8 Å². The molecule has 0 amide bonds. The maximum Gasteiger partial charge on any atom is 0.168 e. The zero-order valence-electron chi connectivity index (χ0n) is 9.81. The number of aryl methyl sites for hydroxylation is 1. The van der Waals surface area contributed by atoms with Crippen molar-refractivity contribution < 1.29 is 13.6 Å². The van der Waals surface area contributed by atoms with Gasteiger partial charge in [0, 0.05) is 12.0 Å². The van der Waals surface area contributed by atoms with Crippen molar-refractivity contribution in [3.05, 3.63) is 34.9 Å². The fourth-order valence-corrected chi connectivity index (χ4v) is 1.73. The molecule has 0 saturated heterocycles. The largest absolute Gasteiger partial charge is 0.294 e. The predicted octanol–water partition coefficient (Wildman–Crippen LogP) is 3.89. The minimum Gasteiger partial charge on any atom is -0.294 e. The first-order valence-electron chi connectivity index (χ1n) is 5.51. The molecule has 0 fully saturated rings. The van der Waals surface area contributed by atoms with Crippen LogP contribution in [0.2, 0.25) is 0 Å². The van der Waals surface area contributed by atoms with Crippen LogP contribution in [0.25, 0.3) is 0 Å². The van der Waals surface area contributed by atoms with Crippen molar-refractivity contribution in [2.75, 3.05) is 0 Å². The topological polar surface area (TPSA) is 17.1 Å². The molecule has 0 aromatic heterocycles. The van der Waals surface area contributed by atoms with Gasteiger partial charge >= 0.3 is 0 Å². The van der Waals surface area contributed by atoms with Crippen molar-refractivity contribution in [1.29, 1.82) is 0 Å². The van der Waals surface area contributed by atoms with E-state index in [9.17, 15) is 13.6 Å². The number of hydrogen-bond acceptors (Lipinski definition) is 1. The average molecular weight is 226 g/mol. The van der Waals surface area contributed by atoms with Gasteiger partial charge in [0.1, 0.15) is 11.6 Å². The summed E-state index contributed by atoms with van der Waals surface area (Å²) in [5, 5.41) is 0. The monoisotopic (exact) mass is 226 g/mol. The van der Waals surface area contributed by atoms with Crippen molar-refractivity contribution in [3.8, 4) is 0 Å². The summed E-state index contributed by atoms with van der Waals surface area (Å²) in [6.07, 6.45) is 1.34. The first-order valence-corrected chi connectivity index (χ1v) is 5.51. The van der Waals surface area contributed by atoms with Gasteiger partial charge in [0.15, 0.2) is 5.78 Å². The minimum atomic E-state index is -0.764. The molecule has 0 aliphatic heterocycles. The van der Waals surface area contributed by atoms with Crippen molar-refractivity contribution in [1.82, 2.24) is 0 Å². The van der Waals surface area contributed by atoms with Crippen molar-refractivity contribution in [3.63, 3.8) is 0 Å². The molecule has 88 valence electrons. The van der Waals surface area contributed by atoms with E-state index in [0.29, 0.717) is 18.4 Å². The Balaban J connectivity index is 3.13. The lowest BCUT2D eigenvalue weighted by molar-refractivity contribution is 0.0909. The number of Topliss-reactive ketones (excluding diaryl/α,β-unsaturated/α-hetero) is 1. The third-order valence-corrected chi connectivity index (χ3v) is 2.87. The van der Waals surface area contributed by atoms with Crippen molar-refractivity contribution >= 4 is 5.78 Å². The number of hydrogen-bond donors (Lipinski definition) is 0. The summed E-state index contributed by atoms with van der Waals surface area (Å²) >= 11 is 0. The van der Waals surface area contributed by atoms with Gasteiger partial charge in [0.25, 0.3) is 0 Å². The molecule has 16 heavy (non-hydrogen) atoms. The third kappa shape index (κ3) is 2.46. The van der Waals surface area contributed by atoms with Gasteiger partial charge in [-0.1, -0.05) is 13.8 Å². The standard InChI is InChI=1S/C13H16F2O/c1-4-9(5-2)13(16)10-6-8(3)11(14)7-12(10)15/h6-7,9H,4-5H2,1-3H3. The normalized spacial score (nSPS) is 10.9. The van der Waals surface area contributed by atoms with Crippen LogP contribution >= 0.6 is 0 Å². The Labute approximate surface area is 94.5 Å². The molecule has 3 heteroatoms. The first kappa shape index (κ1) is 12.8. The molecule has 1 aromatic rings. The Morgan fingerprint density at radius 3 is 2.25 bits per heavy atom. The molecular weight excluding hydrogens is 210 g/mol. The maximum absolute atomic E-state index is 13.5. The number of carbonyl (C=O) groups is 1.